The molecule has 0 aromatic carbocycles. The molecule has 1 aliphatic heterocycles. The fourth-order valence-electron chi connectivity index (χ4n) is 1.49. The van der Waals surface area contributed by atoms with Crippen LogP contribution in [0.5, 0.6) is 6.01 Å². The summed E-state index contributed by atoms with van der Waals surface area (Å²) in [6.07, 6.45) is -0.0217. The summed E-state index contributed by atoms with van der Waals surface area (Å²) in [6.45, 7) is 3.76. The predicted octanol–water partition coefficient (Wildman–Crippen LogP) is 0.797. The lowest BCUT2D eigenvalue weighted by molar-refractivity contribution is 0.202. The molecule has 2 heterocycles. The molecule has 0 bridgehead atoms. The lowest BCUT2D eigenvalue weighted by Gasteiger charge is -2.26. The van der Waals surface area contributed by atoms with E-state index in [1.165, 1.54) is 4.68 Å². The SMILES string of the molecule is CC(C)Oc1nc(Br)nn1C1CS(=O)(=O)C1. The molecule has 0 saturated carbocycles. The number of ether oxygens (including phenoxy) is 1. The van der Waals surface area contributed by atoms with E-state index in [4.69, 9.17) is 4.74 Å². The van der Waals surface area contributed by atoms with Crippen molar-refractivity contribution in [3.05, 3.63) is 4.73 Å². The van der Waals surface area contributed by atoms with Crippen LogP contribution in [-0.4, -0.2) is 40.8 Å². The Balaban J connectivity index is 2.21. The maximum Gasteiger partial charge on any atom is 0.316 e. The second-order valence-corrected chi connectivity index (χ2v) is 6.87. The first-order valence-corrected chi connectivity index (χ1v) is 7.48. The van der Waals surface area contributed by atoms with Crippen LogP contribution in [-0.2, 0) is 9.84 Å². The van der Waals surface area contributed by atoms with E-state index in [-0.39, 0.29) is 23.7 Å². The molecule has 16 heavy (non-hydrogen) atoms. The standard InChI is InChI=1S/C8H12BrN3O3S/c1-5(2)15-8-10-7(9)11-12(8)6-3-16(13,14)4-6/h5-6H,3-4H2,1-2H3. The summed E-state index contributed by atoms with van der Waals surface area (Å²) in [6, 6.07) is 0.208. The first kappa shape index (κ1) is 11.8. The topological polar surface area (TPSA) is 74.1 Å². The van der Waals surface area contributed by atoms with Crippen LogP contribution in [0.3, 0.4) is 0 Å². The highest BCUT2D eigenvalue weighted by Crippen LogP contribution is 2.28. The van der Waals surface area contributed by atoms with E-state index in [2.05, 4.69) is 26.0 Å². The van der Waals surface area contributed by atoms with E-state index < -0.39 is 9.84 Å². The van der Waals surface area contributed by atoms with Crippen molar-refractivity contribution >= 4 is 25.8 Å². The molecule has 1 fully saturated rings. The Labute approximate surface area is 102 Å². The Morgan fingerprint density at radius 2 is 2.12 bits per heavy atom. The van der Waals surface area contributed by atoms with Gasteiger partial charge in [0.1, 0.15) is 0 Å². The van der Waals surface area contributed by atoms with E-state index in [1.54, 1.807) is 0 Å². The highest BCUT2D eigenvalue weighted by Gasteiger charge is 2.37. The van der Waals surface area contributed by atoms with Gasteiger partial charge in [-0.15, -0.1) is 5.10 Å². The van der Waals surface area contributed by atoms with Gasteiger partial charge in [-0.3, -0.25) is 0 Å². The van der Waals surface area contributed by atoms with Crippen molar-refractivity contribution in [2.45, 2.75) is 26.0 Å². The minimum atomic E-state index is -2.87. The zero-order valence-electron chi connectivity index (χ0n) is 8.92. The van der Waals surface area contributed by atoms with Crippen molar-refractivity contribution < 1.29 is 13.2 Å². The van der Waals surface area contributed by atoms with Crippen molar-refractivity contribution in [3.8, 4) is 6.01 Å². The molecular weight excluding hydrogens is 298 g/mol. The van der Waals surface area contributed by atoms with Gasteiger partial charge < -0.3 is 4.74 Å². The summed E-state index contributed by atoms with van der Waals surface area (Å²) in [5, 5.41) is 4.08. The number of sulfone groups is 1. The maximum absolute atomic E-state index is 11.1. The molecule has 0 amide bonds. The van der Waals surface area contributed by atoms with E-state index in [0.29, 0.717) is 10.7 Å². The Bertz CT molecular complexity index is 485. The van der Waals surface area contributed by atoms with Crippen LogP contribution in [0.15, 0.2) is 4.73 Å². The summed E-state index contributed by atoms with van der Waals surface area (Å²) in [5.74, 6) is 0.217. The second-order valence-electron chi connectivity index (χ2n) is 4.01. The number of halogens is 1. The molecule has 0 radical (unpaired) electrons. The first-order valence-electron chi connectivity index (χ1n) is 4.86. The van der Waals surface area contributed by atoms with Gasteiger partial charge in [-0.05, 0) is 29.8 Å². The number of aromatic nitrogens is 3. The van der Waals surface area contributed by atoms with Crippen LogP contribution in [0.2, 0.25) is 0 Å². The van der Waals surface area contributed by atoms with Crippen LogP contribution in [0, 0.1) is 0 Å². The van der Waals surface area contributed by atoms with Crippen molar-refractivity contribution in [2.75, 3.05) is 11.5 Å². The third kappa shape index (κ3) is 2.37. The number of rotatable bonds is 3. The number of nitrogens with zero attached hydrogens (tertiary/aromatic N) is 3. The van der Waals surface area contributed by atoms with Gasteiger partial charge in [0.05, 0.1) is 23.7 Å². The summed E-state index contributed by atoms with van der Waals surface area (Å²) < 4.78 is 29.6. The Morgan fingerprint density at radius 1 is 1.50 bits per heavy atom. The predicted molar refractivity (Wildman–Crippen MR) is 61.2 cm³/mol. The minimum Gasteiger partial charge on any atom is -0.461 e. The van der Waals surface area contributed by atoms with E-state index >= 15 is 0 Å². The van der Waals surface area contributed by atoms with Crippen LogP contribution in [0.25, 0.3) is 0 Å². The quantitative estimate of drug-likeness (QED) is 0.825. The summed E-state index contributed by atoms with van der Waals surface area (Å²) in [7, 11) is -2.87. The third-order valence-corrected chi connectivity index (χ3v) is 4.27. The molecule has 90 valence electrons. The first-order chi connectivity index (χ1) is 7.37. The van der Waals surface area contributed by atoms with Crippen LogP contribution in [0.1, 0.15) is 19.9 Å². The monoisotopic (exact) mass is 309 g/mol. The zero-order chi connectivity index (χ0) is 11.9. The molecule has 0 N–H and O–H groups in total. The second kappa shape index (κ2) is 3.99. The summed E-state index contributed by atoms with van der Waals surface area (Å²) in [5.41, 5.74) is 0. The van der Waals surface area contributed by atoms with Crippen LogP contribution in [0.4, 0.5) is 0 Å². The van der Waals surface area contributed by atoms with E-state index in [0.717, 1.165) is 0 Å². The van der Waals surface area contributed by atoms with Gasteiger partial charge in [0.15, 0.2) is 9.84 Å². The fraction of sp³-hybridized carbons (Fsp3) is 0.750. The van der Waals surface area contributed by atoms with Crippen LogP contribution >= 0.6 is 15.9 Å². The Kier molecular flexibility index (Phi) is 2.95. The molecule has 1 aliphatic rings. The maximum atomic E-state index is 11.1. The minimum absolute atomic E-state index is 0.0217. The largest absolute Gasteiger partial charge is 0.461 e. The molecule has 0 aliphatic carbocycles. The van der Waals surface area contributed by atoms with Crippen LogP contribution < -0.4 is 4.74 Å². The number of hydrogen-bond acceptors (Lipinski definition) is 5. The van der Waals surface area contributed by atoms with E-state index in [9.17, 15) is 8.42 Å². The Hall–Kier alpha value is -0.630. The van der Waals surface area contributed by atoms with Gasteiger partial charge in [0.25, 0.3) is 0 Å². The molecular formula is C8H12BrN3O3S. The van der Waals surface area contributed by atoms with E-state index in [1.807, 2.05) is 13.8 Å². The van der Waals surface area contributed by atoms with Crippen molar-refractivity contribution in [1.29, 1.82) is 0 Å². The number of hydrogen-bond donors (Lipinski definition) is 0. The summed E-state index contributed by atoms with van der Waals surface area (Å²) in [4.78, 5) is 4.05. The van der Waals surface area contributed by atoms with Gasteiger partial charge >= 0.3 is 6.01 Å². The molecule has 6 nitrogen and oxygen atoms in total. The molecule has 0 unspecified atom stereocenters. The van der Waals surface area contributed by atoms with Crippen molar-refractivity contribution in [3.63, 3.8) is 0 Å². The average Bonchev–Trinajstić information content (AvgIpc) is 2.41. The zero-order valence-corrected chi connectivity index (χ0v) is 11.3. The van der Waals surface area contributed by atoms with Gasteiger partial charge in [-0.2, -0.15) is 4.98 Å². The lowest BCUT2D eigenvalue weighted by atomic mass is 10.4. The van der Waals surface area contributed by atoms with Gasteiger partial charge in [-0.25, -0.2) is 13.1 Å². The molecule has 1 aromatic heterocycles. The van der Waals surface area contributed by atoms with Crippen molar-refractivity contribution in [2.24, 2.45) is 0 Å². The third-order valence-electron chi connectivity index (χ3n) is 2.15. The molecule has 8 heteroatoms. The summed E-state index contributed by atoms with van der Waals surface area (Å²) >= 11 is 3.15. The highest BCUT2D eigenvalue weighted by molar-refractivity contribution is 9.10. The van der Waals surface area contributed by atoms with Gasteiger partial charge in [0, 0.05) is 0 Å². The van der Waals surface area contributed by atoms with Gasteiger partial charge in [0.2, 0.25) is 4.73 Å². The molecule has 1 aromatic rings. The van der Waals surface area contributed by atoms with Gasteiger partial charge in [-0.1, -0.05) is 0 Å². The lowest BCUT2D eigenvalue weighted by Crippen LogP contribution is -2.39. The van der Waals surface area contributed by atoms with Crippen molar-refractivity contribution in [1.82, 2.24) is 14.8 Å². The fourth-order valence-corrected chi connectivity index (χ4v) is 3.17. The Morgan fingerprint density at radius 3 is 2.62 bits per heavy atom. The molecule has 0 spiro atoms. The molecule has 0 atom stereocenters. The molecule has 1 saturated heterocycles. The molecule has 2 rings (SSSR count). The smallest absolute Gasteiger partial charge is 0.316 e. The highest BCUT2D eigenvalue weighted by atomic mass is 79.9. The normalized spacial score (nSPS) is 19.8. The average molecular weight is 310 g/mol.